The van der Waals surface area contributed by atoms with Gasteiger partial charge in [0, 0.05) is 43.4 Å². The Hall–Kier alpha value is -3.19. The molecular weight excluding hydrogens is 366 g/mol. The second-order valence-electron chi connectivity index (χ2n) is 7.03. The largest absolute Gasteiger partial charge is 0.383 e. The van der Waals surface area contributed by atoms with E-state index in [0.717, 1.165) is 30.9 Å². The number of para-hydroxylation sites is 1. The average molecular weight is 391 g/mol. The Kier molecular flexibility index (Phi) is 5.86. The molecule has 1 amide bonds. The molecule has 0 aliphatic rings. The first-order valence-corrected chi connectivity index (χ1v) is 9.87. The molecule has 7 heteroatoms. The zero-order valence-corrected chi connectivity index (χ0v) is 16.5. The minimum atomic E-state index is 0.0285. The summed E-state index contributed by atoms with van der Waals surface area (Å²) in [5, 5.41) is 12.4. The van der Waals surface area contributed by atoms with Crippen molar-refractivity contribution in [2.75, 3.05) is 13.7 Å². The predicted molar refractivity (Wildman–Crippen MR) is 112 cm³/mol. The van der Waals surface area contributed by atoms with Crippen LogP contribution in [0.3, 0.4) is 0 Å². The Morgan fingerprint density at radius 1 is 1.14 bits per heavy atom. The van der Waals surface area contributed by atoms with E-state index >= 15 is 0 Å². The number of ether oxygens (including phenoxy) is 1. The Morgan fingerprint density at radius 2 is 2.00 bits per heavy atom. The minimum Gasteiger partial charge on any atom is -0.383 e. The van der Waals surface area contributed by atoms with Crippen molar-refractivity contribution in [1.29, 1.82) is 0 Å². The fraction of sp³-hybridized carbons (Fsp3) is 0.318. The molecule has 1 aromatic carbocycles. The van der Waals surface area contributed by atoms with Crippen molar-refractivity contribution in [1.82, 2.24) is 24.5 Å². The molecule has 0 aliphatic carbocycles. The van der Waals surface area contributed by atoms with Crippen molar-refractivity contribution in [3.63, 3.8) is 0 Å². The molecule has 0 atom stereocenters. The minimum absolute atomic E-state index is 0.0285. The number of carbonyl (C=O) groups excluding carboxylic acids is 1. The Labute approximate surface area is 169 Å². The van der Waals surface area contributed by atoms with Crippen LogP contribution in [0, 0.1) is 0 Å². The smallest absolute Gasteiger partial charge is 0.220 e. The number of pyridine rings is 1. The van der Waals surface area contributed by atoms with Gasteiger partial charge in [-0.1, -0.05) is 24.3 Å². The van der Waals surface area contributed by atoms with Gasteiger partial charge in [-0.05, 0) is 36.6 Å². The molecule has 0 fully saturated rings. The maximum Gasteiger partial charge on any atom is 0.220 e. The van der Waals surface area contributed by atoms with Crippen molar-refractivity contribution in [2.24, 2.45) is 0 Å². The average Bonchev–Trinajstić information content (AvgIpc) is 3.32. The summed E-state index contributed by atoms with van der Waals surface area (Å²) >= 11 is 0. The zero-order chi connectivity index (χ0) is 20.1. The molecule has 150 valence electrons. The van der Waals surface area contributed by atoms with Crippen LogP contribution >= 0.6 is 0 Å². The van der Waals surface area contributed by atoms with E-state index in [1.807, 2.05) is 28.8 Å². The molecule has 3 aromatic heterocycles. The molecule has 3 heterocycles. The monoisotopic (exact) mass is 391 g/mol. The highest BCUT2D eigenvalue weighted by Gasteiger charge is 2.10. The van der Waals surface area contributed by atoms with Crippen molar-refractivity contribution in [2.45, 2.75) is 32.4 Å². The number of hydrogen-bond acceptors (Lipinski definition) is 4. The van der Waals surface area contributed by atoms with Gasteiger partial charge in [-0.3, -0.25) is 9.20 Å². The fourth-order valence-electron chi connectivity index (χ4n) is 3.61. The standard InChI is InChI=1S/C22H25N5O2/c1-29-14-13-26-16-17(18-8-2-3-9-19(18)26)7-6-11-22(28)23-15-21-25-24-20-10-4-5-12-27(20)21/h2-5,8-10,12,16H,6-7,11,13-15H2,1H3,(H,23,28). The van der Waals surface area contributed by atoms with Gasteiger partial charge in [0.15, 0.2) is 11.5 Å². The maximum absolute atomic E-state index is 12.3. The van der Waals surface area contributed by atoms with Crippen molar-refractivity contribution in [3.8, 4) is 0 Å². The van der Waals surface area contributed by atoms with Crippen LogP contribution in [0.2, 0.25) is 0 Å². The van der Waals surface area contributed by atoms with E-state index in [9.17, 15) is 4.79 Å². The molecule has 7 nitrogen and oxygen atoms in total. The number of methoxy groups -OCH3 is 1. The first-order valence-electron chi connectivity index (χ1n) is 9.87. The van der Waals surface area contributed by atoms with Crippen LogP contribution in [0.15, 0.2) is 54.9 Å². The molecule has 29 heavy (non-hydrogen) atoms. The van der Waals surface area contributed by atoms with Gasteiger partial charge in [-0.15, -0.1) is 10.2 Å². The van der Waals surface area contributed by atoms with Gasteiger partial charge in [-0.25, -0.2) is 0 Å². The molecule has 0 saturated carbocycles. The third-order valence-corrected chi connectivity index (χ3v) is 5.09. The molecule has 4 rings (SSSR count). The highest BCUT2D eigenvalue weighted by Crippen LogP contribution is 2.23. The van der Waals surface area contributed by atoms with Crippen LogP contribution in [0.1, 0.15) is 24.2 Å². The number of nitrogens with zero attached hydrogens (tertiary/aromatic N) is 4. The van der Waals surface area contributed by atoms with Crippen LogP contribution in [0.5, 0.6) is 0 Å². The second kappa shape index (κ2) is 8.87. The van der Waals surface area contributed by atoms with Gasteiger partial charge in [0.1, 0.15) is 0 Å². The van der Waals surface area contributed by atoms with E-state index in [1.165, 1.54) is 16.5 Å². The predicted octanol–water partition coefficient (Wildman–Crippen LogP) is 2.97. The molecule has 0 aliphatic heterocycles. The number of amides is 1. The van der Waals surface area contributed by atoms with Gasteiger partial charge in [0.2, 0.25) is 5.91 Å². The van der Waals surface area contributed by atoms with E-state index in [-0.39, 0.29) is 5.91 Å². The van der Waals surface area contributed by atoms with Crippen LogP contribution in [0.4, 0.5) is 0 Å². The lowest BCUT2D eigenvalue weighted by Gasteiger charge is -2.04. The number of hydrogen-bond donors (Lipinski definition) is 1. The van der Waals surface area contributed by atoms with E-state index in [1.54, 1.807) is 7.11 Å². The van der Waals surface area contributed by atoms with Crippen molar-refractivity contribution < 1.29 is 9.53 Å². The molecule has 0 bridgehead atoms. The third kappa shape index (κ3) is 4.30. The fourth-order valence-corrected chi connectivity index (χ4v) is 3.61. The summed E-state index contributed by atoms with van der Waals surface area (Å²) in [5.74, 6) is 0.760. The maximum atomic E-state index is 12.3. The van der Waals surface area contributed by atoms with Gasteiger partial charge in [-0.2, -0.15) is 0 Å². The number of aromatic nitrogens is 4. The number of fused-ring (bicyclic) bond motifs is 2. The van der Waals surface area contributed by atoms with Crippen LogP contribution in [0.25, 0.3) is 16.6 Å². The lowest BCUT2D eigenvalue weighted by molar-refractivity contribution is -0.121. The van der Waals surface area contributed by atoms with Crippen LogP contribution < -0.4 is 5.32 Å². The normalized spacial score (nSPS) is 11.3. The quantitative estimate of drug-likeness (QED) is 0.476. The summed E-state index contributed by atoms with van der Waals surface area (Å²) in [6.07, 6.45) is 6.22. The lowest BCUT2D eigenvalue weighted by atomic mass is 10.1. The number of benzene rings is 1. The summed E-state index contributed by atoms with van der Waals surface area (Å²) in [4.78, 5) is 12.3. The van der Waals surface area contributed by atoms with Crippen LogP contribution in [-0.4, -0.2) is 38.8 Å². The van der Waals surface area contributed by atoms with Gasteiger partial charge < -0.3 is 14.6 Å². The van der Waals surface area contributed by atoms with Crippen molar-refractivity contribution in [3.05, 3.63) is 66.2 Å². The summed E-state index contributed by atoms with van der Waals surface area (Å²) < 4.78 is 9.33. The number of rotatable bonds is 9. The SMILES string of the molecule is COCCn1cc(CCCC(=O)NCc2nnc3ccccn23)c2ccccc21. The summed E-state index contributed by atoms with van der Waals surface area (Å²) in [6, 6.07) is 14.1. The number of aryl methyl sites for hydroxylation is 1. The van der Waals surface area contributed by atoms with E-state index in [0.29, 0.717) is 19.6 Å². The Balaban J connectivity index is 1.32. The number of carbonyl (C=O) groups is 1. The van der Waals surface area contributed by atoms with Crippen molar-refractivity contribution >= 4 is 22.5 Å². The summed E-state index contributed by atoms with van der Waals surface area (Å²) in [7, 11) is 1.72. The molecule has 4 aromatic rings. The van der Waals surface area contributed by atoms with Gasteiger partial charge in [0.25, 0.3) is 0 Å². The first kappa shape index (κ1) is 19.1. The molecule has 0 saturated heterocycles. The topological polar surface area (TPSA) is 73.4 Å². The van der Waals surface area contributed by atoms with E-state index in [4.69, 9.17) is 4.74 Å². The van der Waals surface area contributed by atoms with Gasteiger partial charge >= 0.3 is 0 Å². The highest BCUT2D eigenvalue weighted by molar-refractivity contribution is 5.84. The Bertz CT molecular complexity index is 1110. The zero-order valence-electron chi connectivity index (χ0n) is 16.5. The molecule has 0 spiro atoms. The van der Waals surface area contributed by atoms with Gasteiger partial charge in [0.05, 0.1) is 13.2 Å². The Morgan fingerprint density at radius 3 is 2.90 bits per heavy atom. The molecule has 1 N–H and O–H groups in total. The highest BCUT2D eigenvalue weighted by atomic mass is 16.5. The van der Waals surface area contributed by atoms with Crippen LogP contribution in [-0.2, 0) is 29.0 Å². The van der Waals surface area contributed by atoms with E-state index < -0.39 is 0 Å². The second-order valence-corrected chi connectivity index (χ2v) is 7.03. The summed E-state index contributed by atoms with van der Waals surface area (Å²) in [5.41, 5.74) is 3.26. The third-order valence-electron chi connectivity index (χ3n) is 5.09. The summed E-state index contributed by atoms with van der Waals surface area (Å²) in [6.45, 7) is 1.88. The first-order chi connectivity index (χ1) is 14.3. The van der Waals surface area contributed by atoms with E-state index in [2.05, 4.69) is 50.5 Å². The number of nitrogens with one attached hydrogen (secondary N) is 1. The molecule has 0 radical (unpaired) electrons. The molecule has 0 unspecified atom stereocenters. The lowest BCUT2D eigenvalue weighted by Crippen LogP contribution is -2.23. The molecular formula is C22H25N5O2.